The molecule has 0 saturated carbocycles. The fraction of sp³-hybridized carbons (Fsp3) is 0.571. The first kappa shape index (κ1) is 32.1. The smallest absolute Gasteiger partial charge is 0.251 e. The van der Waals surface area contributed by atoms with Gasteiger partial charge in [0.25, 0.3) is 5.91 Å². The predicted molar refractivity (Wildman–Crippen MR) is 181 cm³/mol. The normalized spacial score (nSPS) is 24.7. The highest BCUT2D eigenvalue weighted by molar-refractivity contribution is 5.99. The standard InChI is InChI=1S/C35H51N7O2/c1-8-42(29-16-24(4)38-25(5)17-29)32-19-28(27-9-10-33(36-20-27)41-13-11-40(7)12-14-41)18-30(26(32)6)34(43)37-21-31-22(2)15-23(3)39-35(31)44/h9-10,18-20,24-25,29,35,38,44H,8,11-17,21H2,1-7H3,(H,37,43). The van der Waals surface area contributed by atoms with Crippen molar-refractivity contribution in [1.29, 1.82) is 0 Å². The molecule has 2 aromatic rings. The van der Waals surface area contributed by atoms with Gasteiger partial charge in [-0.25, -0.2) is 4.98 Å². The Morgan fingerprint density at radius 2 is 1.77 bits per heavy atom. The Bertz CT molecular complexity index is 1380. The van der Waals surface area contributed by atoms with E-state index < -0.39 is 6.23 Å². The maximum absolute atomic E-state index is 13.9. The van der Waals surface area contributed by atoms with E-state index in [9.17, 15) is 9.90 Å². The second-order valence-electron chi connectivity index (χ2n) is 13.1. The lowest BCUT2D eigenvalue weighted by molar-refractivity contribution is 0.0953. The molecule has 3 aliphatic heterocycles. The quantitative estimate of drug-likeness (QED) is 0.386. The van der Waals surface area contributed by atoms with Crippen molar-refractivity contribution in [2.75, 3.05) is 56.1 Å². The monoisotopic (exact) mass is 601 g/mol. The summed E-state index contributed by atoms with van der Waals surface area (Å²) in [6.45, 7) is 17.8. The summed E-state index contributed by atoms with van der Waals surface area (Å²) >= 11 is 0. The zero-order valence-electron chi connectivity index (χ0n) is 27.7. The minimum atomic E-state index is -0.906. The average Bonchev–Trinajstić information content (AvgIpc) is 2.98. The van der Waals surface area contributed by atoms with Crippen molar-refractivity contribution in [2.24, 2.45) is 4.99 Å². The van der Waals surface area contributed by atoms with Crippen molar-refractivity contribution in [3.63, 3.8) is 0 Å². The number of dihydropyridines is 1. The maximum atomic E-state index is 13.9. The fourth-order valence-corrected chi connectivity index (χ4v) is 7.16. The van der Waals surface area contributed by atoms with Gasteiger partial charge in [-0.2, -0.15) is 0 Å². The summed E-state index contributed by atoms with van der Waals surface area (Å²) in [5, 5.41) is 17.4. The third-order valence-electron chi connectivity index (χ3n) is 9.61. The zero-order chi connectivity index (χ0) is 31.5. The third-order valence-corrected chi connectivity index (χ3v) is 9.61. The van der Waals surface area contributed by atoms with E-state index in [4.69, 9.17) is 4.98 Å². The number of nitrogens with zero attached hydrogens (tertiary/aromatic N) is 5. The molecule has 44 heavy (non-hydrogen) atoms. The first-order chi connectivity index (χ1) is 21.0. The number of aliphatic hydroxyl groups excluding tert-OH is 1. The molecule has 2 saturated heterocycles. The molecule has 1 amide bonds. The van der Waals surface area contributed by atoms with Crippen LogP contribution in [0.25, 0.3) is 11.1 Å². The lowest BCUT2D eigenvalue weighted by Gasteiger charge is -2.41. The fourth-order valence-electron chi connectivity index (χ4n) is 7.16. The summed E-state index contributed by atoms with van der Waals surface area (Å²) in [5.41, 5.74) is 7.44. The van der Waals surface area contributed by atoms with Crippen molar-refractivity contribution in [2.45, 2.75) is 85.2 Å². The van der Waals surface area contributed by atoms with Crippen molar-refractivity contribution >= 4 is 23.1 Å². The minimum absolute atomic E-state index is 0.144. The Morgan fingerprint density at radius 1 is 1.07 bits per heavy atom. The molecule has 9 nitrogen and oxygen atoms in total. The number of nitrogens with one attached hydrogen (secondary N) is 2. The molecule has 3 unspecified atom stereocenters. The molecule has 3 N–H and O–H groups in total. The van der Waals surface area contributed by atoms with Crippen LogP contribution < -0.4 is 20.4 Å². The number of hydrogen-bond donors (Lipinski definition) is 3. The zero-order valence-corrected chi connectivity index (χ0v) is 27.7. The molecule has 2 fully saturated rings. The van der Waals surface area contributed by atoms with Crippen LogP contribution in [0.3, 0.4) is 0 Å². The van der Waals surface area contributed by atoms with E-state index in [-0.39, 0.29) is 12.5 Å². The molecule has 0 bridgehead atoms. The number of carbonyl (C=O) groups is 1. The Hall–Kier alpha value is -3.27. The number of allylic oxidation sites excluding steroid dienone is 1. The molecule has 9 heteroatoms. The van der Waals surface area contributed by atoms with E-state index in [1.54, 1.807) is 0 Å². The summed E-state index contributed by atoms with van der Waals surface area (Å²) in [7, 11) is 2.16. The number of aliphatic hydroxyl groups is 1. The van der Waals surface area contributed by atoms with E-state index in [0.717, 1.165) is 97.0 Å². The molecule has 5 rings (SSSR count). The van der Waals surface area contributed by atoms with E-state index in [1.165, 1.54) is 0 Å². The Labute approximate surface area is 263 Å². The van der Waals surface area contributed by atoms with Crippen LogP contribution >= 0.6 is 0 Å². The highest BCUT2D eigenvalue weighted by Gasteiger charge is 2.30. The number of rotatable bonds is 8. The molecular formula is C35H51N7O2. The van der Waals surface area contributed by atoms with Crippen molar-refractivity contribution < 1.29 is 9.90 Å². The van der Waals surface area contributed by atoms with Gasteiger partial charge in [-0.1, -0.05) is 5.57 Å². The first-order valence-electron chi connectivity index (χ1n) is 16.3. The lowest BCUT2D eigenvalue weighted by Crippen LogP contribution is -2.51. The molecule has 238 valence electrons. The largest absolute Gasteiger partial charge is 0.368 e. The van der Waals surface area contributed by atoms with Crippen LogP contribution in [0.5, 0.6) is 0 Å². The summed E-state index contributed by atoms with van der Waals surface area (Å²) in [6.07, 6.45) is 3.86. The highest BCUT2D eigenvalue weighted by atomic mass is 16.3. The second-order valence-corrected chi connectivity index (χ2v) is 13.1. The van der Waals surface area contributed by atoms with Gasteiger partial charge in [-0.05, 0) is 102 Å². The average molecular weight is 602 g/mol. The van der Waals surface area contributed by atoms with Gasteiger partial charge >= 0.3 is 0 Å². The molecule has 0 radical (unpaired) electrons. The number of hydrogen-bond acceptors (Lipinski definition) is 8. The van der Waals surface area contributed by atoms with Gasteiger partial charge in [0.1, 0.15) is 5.82 Å². The summed E-state index contributed by atoms with van der Waals surface area (Å²) in [6, 6.07) is 9.72. The highest BCUT2D eigenvalue weighted by Crippen LogP contribution is 2.35. The molecule has 0 aliphatic carbocycles. The van der Waals surface area contributed by atoms with Gasteiger partial charge in [0.05, 0.1) is 0 Å². The second kappa shape index (κ2) is 13.8. The van der Waals surface area contributed by atoms with Crippen molar-refractivity contribution in [1.82, 2.24) is 20.5 Å². The molecule has 0 spiro atoms. The van der Waals surface area contributed by atoms with Crippen LogP contribution in [0.1, 0.15) is 69.8 Å². The predicted octanol–water partition coefficient (Wildman–Crippen LogP) is 4.39. The Morgan fingerprint density at radius 3 is 2.39 bits per heavy atom. The van der Waals surface area contributed by atoms with Gasteiger partial charge in [0.15, 0.2) is 6.23 Å². The number of aliphatic imine (C=N–C) groups is 1. The molecular weight excluding hydrogens is 550 g/mol. The molecule has 1 aromatic carbocycles. The van der Waals surface area contributed by atoms with Gasteiger partial charge in [0.2, 0.25) is 0 Å². The van der Waals surface area contributed by atoms with Crippen LogP contribution in [0.2, 0.25) is 0 Å². The SMILES string of the molecule is CCN(c1cc(-c2ccc(N3CCN(C)CC3)nc2)cc(C(=O)NCC2=C(C)CC(C)=NC2O)c1C)C1CC(C)NC(C)C1. The third kappa shape index (κ3) is 7.16. The lowest BCUT2D eigenvalue weighted by atomic mass is 9.91. The number of piperidine rings is 1. The van der Waals surface area contributed by atoms with E-state index in [2.05, 4.69) is 83.3 Å². The van der Waals surface area contributed by atoms with Crippen LogP contribution in [-0.2, 0) is 0 Å². The topological polar surface area (TPSA) is 96.3 Å². The molecule has 4 heterocycles. The van der Waals surface area contributed by atoms with Crippen molar-refractivity contribution in [3.05, 3.63) is 52.7 Å². The number of carbonyl (C=O) groups excluding carboxylic acids is 1. The van der Waals surface area contributed by atoms with Crippen LogP contribution in [-0.4, -0.2) is 97.3 Å². The van der Waals surface area contributed by atoms with E-state index in [0.29, 0.717) is 23.7 Å². The number of amides is 1. The molecule has 1 aromatic heterocycles. The number of anilines is 2. The minimum Gasteiger partial charge on any atom is -0.368 e. The van der Waals surface area contributed by atoms with Crippen LogP contribution in [0.15, 0.2) is 46.6 Å². The maximum Gasteiger partial charge on any atom is 0.251 e. The Balaban J connectivity index is 1.48. The van der Waals surface area contributed by atoms with Gasteiger partial charge < -0.3 is 30.4 Å². The van der Waals surface area contributed by atoms with Crippen LogP contribution in [0.4, 0.5) is 11.5 Å². The van der Waals surface area contributed by atoms with Gasteiger partial charge in [0, 0.05) is 92.5 Å². The number of pyridine rings is 1. The summed E-state index contributed by atoms with van der Waals surface area (Å²) in [4.78, 5) is 30.3. The molecule has 3 aliphatic rings. The van der Waals surface area contributed by atoms with Crippen molar-refractivity contribution in [3.8, 4) is 11.1 Å². The number of aromatic nitrogens is 1. The van der Waals surface area contributed by atoms with Gasteiger partial charge in [-0.15, -0.1) is 0 Å². The van der Waals surface area contributed by atoms with E-state index in [1.807, 2.05) is 26.1 Å². The Kier molecular flexibility index (Phi) is 10.1. The number of piperazine rings is 1. The number of likely N-dealkylation sites (N-methyl/N-ethyl adjacent to an activating group) is 1. The van der Waals surface area contributed by atoms with Crippen LogP contribution in [0, 0.1) is 6.92 Å². The number of benzene rings is 1. The summed E-state index contributed by atoms with van der Waals surface area (Å²) < 4.78 is 0. The first-order valence-corrected chi connectivity index (χ1v) is 16.3. The summed E-state index contributed by atoms with van der Waals surface area (Å²) in [5.74, 6) is 0.849. The van der Waals surface area contributed by atoms with E-state index >= 15 is 0 Å². The van der Waals surface area contributed by atoms with Gasteiger partial charge in [-0.3, -0.25) is 9.79 Å². The molecule has 3 atom stereocenters.